The Hall–Kier alpha value is -1.43. The van der Waals surface area contributed by atoms with Crippen LogP contribution < -0.4 is 5.32 Å². The van der Waals surface area contributed by atoms with Gasteiger partial charge in [-0.2, -0.15) is 0 Å². The monoisotopic (exact) mass is 295 g/mol. The lowest BCUT2D eigenvalue weighted by Gasteiger charge is -2.38. The highest BCUT2D eigenvalue weighted by Gasteiger charge is 2.39. The van der Waals surface area contributed by atoms with Crippen LogP contribution in [0.1, 0.15) is 25.5 Å². The van der Waals surface area contributed by atoms with Gasteiger partial charge in [0.25, 0.3) is 0 Å². The van der Waals surface area contributed by atoms with Gasteiger partial charge in [0.2, 0.25) is 0 Å². The molecule has 1 heterocycles. The van der Waals surface area contributed by atoms with Gasteiger partial charge >= 0.3 is 6.09 Å². The van der Waals surface area contributed by atoms with Crippen molar-refractivity contribution >= 4 is 18.5 Å². The summed E-state index contributed by atoms with van der Waals surface area (Å²) >= 11 is 0. The fraction of sp³-hybridized carbons (Fsp3) is 0.417. The molecule has 7 heteroatoms. The van der Waals surface area contributed by atoms with E-state index in [-0.39, 0.29) is 24.6 Å². The van der Waals surface area contributed by atoms with Gasteiger partial charge in [-0.1, -0.05) is 13.8 Å². The Balaban J connectivity index is 0.00000180. The van der Waals surface area contributed by atoms with Gasteiger partial charge in [0.1, 0.15) is 12.4 Å². The summed E-state index contributed by atoms with van der Waals surface area (Å²) in [5.41, 5.74) is -0.713. The highest BCUT2D eigenvalue weighted by atomic mass is 35.5. The third-order valence-corrected chi connectivity index (χ3v) is 2.97. The van der Waals surface area contributed by atoms with E-state index in [1.807, 2.05) is 0 Å². The Morgan fingerprint density at radius 1 is 1.21 bits per heavy atom. The van der Waals surface area contributed by atoms with Gasteiger partial charge < -0.3 is 10.1 Å². The Bertz CT molecular complexity index is 508. The molecule has 2 rings (SSSR count). The van der Waals surface area contributed by atoms with Crippen molar-refractivity contribution in [3.8, 4) is 0 Å². The number of nitrogens with one attached hydrogen (secondary N) is 1. The summed E-state index contributed by atoms with van der Waals surface area (Å²) in [6.07, 6.45) is -0.705. The highest BCUT2D eigenvalue weighted by Crippen LogP contribution is 2.37. The van der Waals surface area contributed by atoms with Crippen LogP contribution in [0, 0.1) is 22.9 Å². The third kappa shape index (κ3) is 2.94. The maximum Gasteiger partial charge on any atom is 0.407 e. The van der Waals surface area contributed by atoms with Crippen molar-refractivity contribution in [2.75, 3.05) is 6.61 Å². The number of halogens is 4. The standard InChI is InChI=1S/C12H12F3NO2.ClH/c1-12(2)5-18-11(17)16-10(12)6-3-8(14)9(15)4-7(6)13;/h3-4,10H,5H2,1-2H3,(H,16,17);1H/t10-;/m0./s1. The molecule has 1 saturated heterocycles. The first-order valence-electron chi connectivity index (χ1n) is 5.39. The number of alkyl carbamates (subject to hydrolysis) is 1. The van der Waals surface area contributed by atoms with E-state index in [2.05, 4.69) is 5.32 Å². The molecule has 1 aromatic rings. The summed E-state index contributed by atoms with van der Waals surface area (Å²) in [7, 11) is 0. The number of cyclic esters (lactones) is 1. The predicted octanol–water partition coefficient (Wildman–Crippen LogP) is 3.33. The summed E-state index contributed by atoms with van der Waals surface area (Å²) < 4.78 is 44.5. The number of hydrogen-bond acceptors (Lipinski definition) is 2. The number of carbonyl (C=O) groups is 1. The Morgan fingerprint density at radius 2 is 1.79 bits per heavy atom. The van der Waals surface area contributed by atoms with Crippen LogP contribution in [0.15, 0.2) is 12.1 Å². The average molecular weight is 296 g/mol. The summed E-state index contributed by atoms with van der Waals surface area (Å²) in [5, 5.41) is 2.42. The Kier molecular flexibility index (Phi) is 4.35. The molecule has 1 aliphatic heterocycles. The van der Waals surface area contributed by atoms with Crippen LogP contribution in [0.5, 0.6) is 0 Å². The zero-order valence-corrected chi connectivity index (χ0v) is 11.1. The van der Waals surface area contributed by atoms with E-state index >= 15 is 0 Å². The molecule has 0 spiro atoms. The topological polar surface area (TPSA) is 38.3 Å². The average Bonchev–Trinajstić information content (AvgIpc) is 2.27. The van der Waals surface area contributed by atoms with Crippen LogP contribution in [0.2, 0.25) is 0 Å². The molecule has 0 saturated carbocycles. The Morgan fingerprint density at radius 3 is 2.42 bits per heavy atom. The van der Waals surface area contributed by atoms with E-state index in [1.54, 1.807) is 13.8 Å². The maximum absolute atomic E-state index is 13.7. The van der Waals surface area contributed by atoms with Crippen LogP contribution in [-0.4, -0.2) is 12.7 Å². The second-order valence-corrected chi connectivity index (χ2v) is 4.93. The van der Waals surface area contributed by atoms with Crippen molar-refractivity contribution in [1.82, 2.24) is 5.32 Å². The van der Waals surface area contributed by atoms with Gasteiger partial charge in [-0.15, -0.1) is 12.4 Å². The first-order chi connectivity index (χ1) is 8.31. The molecular formula is C12H13ClF3NO2. The highest BCUT2D eigenvalue weighted by molar-refractivity contribution is 5.85. The van der Waals surface area contributed by atoms with Crippen molar-refractivity contribution in [2.45, 2.75) is 19.9 Å². The van der Waals surface area contributed by atoms with Crippen LogP contribution in [0.25, 0.3) is 0 Å². The van der Waals surface area contributed by atoms with E-state index in [9.17, 15) is 18.0 Å². The van der Waals surface area contributed by atoms with E-state index in [0.29, 0.717) is 6.07 Å². The number of rotatable bonds is 1. The molecule has 1 amide bonds. The molecule has 3 nitrogen and oxygen atoms in total. The molecule has 1 atom stereocenters. The minimum atomic E-state index is -1.26. The first kappa shape index (κ1) is 15.6. The van der Waals surface area contributed by atoms with Gasteiger partial charge in [0, 0.05) is 17.0 Å². The minimum Gasteiger partial charge on any atom is -0.449 e. The smallest absolute Gasteiger partial charge is 0.407 e. The van der Waals surface area contributed by atoms with Gasteiger partial charge in [0.05, 0.1) is 6.04 Å². The molecular weight excluding hydrogens is 283 g/mol. The third-order valence-electron chi connectivity index (χ3n) is 2.97. The van der Waals surface area contributed by atoms with Gasteiger partial charge in [-0.05, 0) is 6.07 Å². The molecule has 0 aliphatic carbocycles. The second-order valence-electron chi connectivity index (χ2n) is 4.93. The molecule has 0 bridgehead atoms. The largest absolute Gasteiger partial charge is 0.449 e. The maximum atomic E-state index is 13.7. The molecule has 0 aromatic heterocycles. The van der Waals surface area contributed by atoms with Crippen molar-refractivity contribution in [2.24, 2.45) is 5.41 Å². The summed E-state index contributed by atoms with van der Waals surface area (Å²) in [6, 6.07) is 0.472. The first-order valence-corrected chi connectivity index (χ1v) is 5.39. The zero-order valence-electron chi connectivity index (χ0n) is 10.3. The number of amides is 1. The molecule has 0 radical (unpaired) electrons. The SMILES string of the molecule is CC1(C)COC(=O)N[C@H]1c1cc(F)c(F)cc1F.Cl. The molecule has 1 aromatic carbocycles. The summed E-state index contributed by atoms with van der Waals surface area (Å²) in [6.45, 7) is 3.54. The molecule has 1 fully saturated rings. The van der Waals surface area contributed by atoms with Crippen molar-refractivity contribution in [3.63, 3.8) is 0 Å². The minimum absolute atomic E-state index is 0. The predicted molar refractivity (Wildman–Crippen MR) is 64.6 cm³/mol. The van der Waals surface area contributed by atoms with E-state index in [1.165, 1.54) is 0 Å². The molecule has 1 N–H and O–H groups in total. The quantitative estimate of drug-likeness (QED) is 0.807. The molecule has 106 valence electrons. The summed E-state index contributed by atoms with van der Waals surface area (Å²) in [5.74, 6) is -3.30. The number of hydrogen-bond donors (Lipinski definition) is 1. The van der Waals surface area contributed by atoms with Crippen molar-refractivity contribution in [1.29, 1.82) is 0 Å². The molecule has 1 aliphatic rings. The van der Waals surface area contributed by atoms with Crippen molar-refractivity contribution in [3.05, 3.63) is 35.1 Å². The zero-order chi connectivity index (χ0) is 13.5. The van der Waals surface area contributed by atoms with Gasteiger partial charge in [-0.3, -0.25) is 0 Å². The Labute approximate surface area is 114 Å². The fourth-order valence-corrected chi connectivity index (χ4v) is 1.95. The van der Waals surface area contributed by atoms with E-state index < -0.39 is 35.0 Å². The number of benzene rings is 1. The lowest BCUT2D eigenvalue weighted by Crippen LogP contribution is -2.47. The lowest BCUT2D eigenvalue weighted by molar-refractivity contribution is 0.0376. The number of ether oxygens (including phenoxy) is 1. The molecule has 0 unspecified atom stereocenters. The van der Waals surface area contributed by atoms with Crippen LogP contribution in [0.3, 0.4) is 0 Å². The summed E-state index contributed by atoms with van der Waals surface area (Å²) in [4.78, 5) is 11.2. The normalized spacial score (nSPS) is 21.1. The van der Waals surface area contributed by atoms with E-state index in [0.717, 1.165) is 6.07 Å². The van der Waals surface area contributed by atoms with Crippen LogP contribution in [-0.2, 0) is 4.74 Å². The van der Waals surface area contributed by atoms with Crippen molar-refractivity contribution < 1.29 is 22.7 Å². The van der Waals surface area contributed by atoms with Crippen LogP contribution >= 0.6 is 12.4 Å². The second kappa shape index (κ2) is 5.28. The molecule has 19 heavy (non-hydrogen) atoms. The number of carbonyl (C=O) groups excluding carboxylic acids is 1. The fourth-order valence-electron chi connectivity index (χ4n) is 1.95. The van der Waals surface area contributed by atoms with Gasteiger partial charge in [0.15, 0.2) is 11.6 Å². The van der Waals surface area contributed by atoms with Crippen LogP contribution in [0.4, 0.5) is 18.0 Å². The van der Waals surface area contributed by atoms with E-state index in [4.69, 9.17) is 4.74 Å². The lowest BCUT2D eigenvalue weighted by atomic mass is 9.80. The van der Waals surface area contributed by atoms with Gasteiger partial charge in [-0.25, -0.2) is 18.0 Å².